The van der Waals surface area contributed by atoms with Crippen molar-refractivity contribution in [1.82, 2.24) is 10.2 Å². The van der Waals surface area contributed by atoms with E-state index in [0.717, 1.165) is 5.56 Å². The quantitative estimate of drug-likeness (QED) is 0.815. The second-order valence-corrected chi connectivity index (χ2v) is 5.25. The molecule has 0 bridgehead atoms. The largest absolute Gasteiger partial charge is 0.329 e. The van der Waals surface area contributed by atoms with Gasteiger partial charge in [-0.1, -0.05) is 30.7 Å². The van der Waals surface area contributed by atoms with E-state index in [0.29, 0.717) is 18.0 Å². The van der Waals surface area contributed by atoms with Crippen molar-refractivity contribution in [2.75, 3.05) is 13.1 Å². The average Bonchev–Trinajstić information content (AvgIpc) is 2.39. The molecule has 1 aliphatic rings. The number of benzene rings is 1. The molecule has 0 aromatic heterocycles. The molecule has 5 nitrogen and oxygen atoms in total. The second-order valence-electron chi connectivity index (χ2n) is 4.82. The van der Waals surface area contributed by atoms with Crippen LogP contribution >= 0.6 is 11.6 Å². The van der Waals surface area contributed by atoms with E-state index in [4.69, 9.17) is 17.3 Å². The summed E-state index contributed by atoms with van der Waals surface area (Å²) in [7, 11) is 0. The van der Waals surface area contributed by atoms with Gasteiger partial charge in [0.25, 0.3) is 0 Å². The van der Waals surface area contributed by atoms with E-state index >= 15 is 0 Å². The average molecular weight is 296 g/mol. The lowest BCUT2D eigenvalue weighted by Gasteiger charge is -2.39. The van der Waals surface area contributed by atoms with Crippen LogP contribution in [0.1, 0.15) is 24.9 Å². The maximum atomic E-state index is 11.9. The molecule has 2 atom stereocenters. The Labute approximate surface area is 123 Å². The van der Waals surface area contributed by atoms with Gasteiger partial charge in [-0.3, -0.25) is 19.8 Å². The molecule has 20 heavy (non-hydrogen) atoms. The van der Waals surface area contributed by atoms with Gasteiger partial charge in [-0.15, -0.1) is 0 Å². The Morgan fingerprint density at radius 3 is 2.85 bits per heavy atom. The third-order valence-corrected chi connectivity index (χ3v) is 3.77. The molecule has 0 saturated carbocycles. The molecule has 1 aliphatic heterocycles. The van der Waals surface area contributed by atoms with Crippen LogP contribution in [0.3, 0.4) is 0 Å². The van der Waals surface area contributed by atoms with Gasteiger partial charge in [0.1, 0.15) is 0 Å². The van der Waals surface area contributed by atoms with Crippen molar-refractivity contribution >= 4 is 23.4 Å². The van der Waals surface area contributed by atoms with E-state index in [9.17, 15) is 9.59 Å². The summed E-state index contributed by atoms with van der Waals surface area (Å²) in [4.78, 5) is 25.4. The number of amides is 2. The Kier molecular flexibility index (Phi) is 4.75. The van der Waals surface area contributed by atoms with Crippen LogP contribution in [-0.4, -0.2) is 35.8 Å². The molecule has 1 heterocycles. The highest BCUT2D eigenvalue weighted by Crippen LogP contribution is 2.26. The van der Waals surface area contributed by atoms with Gasteiger partial charge in [0, 0.05) is 17.6 Å². The monoisotopic (exact) mass is 295 g/mol. The highest BCUT2D eigenvalue weighted by atomic mass is 35.5. The molecule has 0 aliphatic carbocycles. The molecular weight excluding hydrogens is 278 g/mol. The zero-order valence-corrected chi connectivity index (χ0v) is 12.1. The number of nitrogens with one attached hydrogen (secondary N) is 1. The Hall–Kier alpha value is -1.43. The molecule has 0 spiro atoms. The fraction of sp³-hybridized carbons (Fsp3) is 0.429. The van der Waals surface area contributed by atoms with Crippen molar-refractivity contribution < 1.29 is 9.59 Å². The first kappa shape index (κ1) is 15.0. The molecule has 1 aromatic rings. The number of rotatable bonds is 4. The minimum absolute atomic E-state index is 0.165. The van der Waals surface area contributed by atoms with Crippen LogP contribution < -0.4 is 11.1 Å². The normalized spacial score (nSPS) is 21.6. The molecule has 1 fully saturated rings. The second kappa shape index (κ2) is 6.35. The zero-order valence-electron chi connectivity index (χ0n) is 11.3. The fourth-order valence-electron chi connectivity index (χ4n) is 2.61. The van der Waals surface area contributed by atoms with Crippen molar-refractivity contribution in [1.29, 1.82) is 0 Å². The van der Waals surface area contributed by atoms with E-state index in [1.54, 1.807) is 6.07 Å². The predicted octanol–water partition coefficient (Wildman–Crippen LogP) is 1.08. The summed E-state index contributed by atoms with van der Waals surface area (Å²) in [5.41, 5.74) is 6.78. The topological polar surface area (TPSA) is 75.4 Å². The molecule has 2 amide bonds. The van der Waals surface area contributed by atoms with Gasteiger partial charge in [0.05, 0.1) is 12.6 Å². The van der Waals surface area contributed by atoms with Gasteiger partial charge in [-0.05, 0) is 24.1 Å². The summed E-state index contributed by atoms with van der Waals surface area (Å²) in [5.74, 6) is -0.551. The number of imide groups is 1. The van der Waals surface area contributed by atoms with Gasteiger partial charge in [-0.2, -0.15) is 0 Å². The number of hydrogen-bond acceptors (Lipinski definition) is 4. The summed E-state index contributed by atoms with van der Waals surface area (Å²) in [5, 5.41) is 2.98. The van der Waals surface area contributed by atoms with Crippen LogP contribution in [0, 0.1) is 0 Å². The van der Waals surface area contributed by atoms with E-state index in [1.165, 1.54) is 0 Å². The number of halogens is 1. The molecule has 0 radical (unpaired) electrons. The number of piperazine rings is 1. The summed E-state index contributed by atoms with van der Waals surface area (Å²) in [6, 6.07) is 6.81. The van der Waals surface area contributed by atoms with Crippen LogP contribution in [0.2, 0.25) is 5.02 Å². The number of nitrogens with two attached hydrogens (primary N) is 1. The van der Waals surface area contributed by atoms with Crippen LogP contribution in [0.5, 0.6) is 0 Å². The van der Waals surface area contributed by atoms with Gasteiger partial charge < -0.3 is 5.73 Å². The van der Waals surface area contributed by atoms with Crippen molar-refractivity contribution in [2.45, 2.75) is 25.4 Å². The van der Waals surface area contributed by atoms with Crippen molar-refractivity contribution in [3.05, 3.63) is 34.9 Å². The molecule has 6 heteroatoms. The maximum Gasteiger partial charge on any atom is 0.243 e. The van der Waals surface area contributed by atoms with Gasteiger partial charge in [0.15, 0.2) is 0 Å². The fourth-order valence-corrected chi connectivity index (χ4v) is 2.81. The number of carbonyl (C=O) groups is 2. The van der Waals surface area contributed by atoms with Crippen LogP contribution in [0.4, 0.5) is 0 Å². The first-order chi connectivity index (χ1) is 9.56. The Morgan fingerprint density at radius 2 is 2.25 bits per heavy atom. The Bertz CT molecular complexity index is 521. The van der Waals surface area contributed by atoms with Crippen LogP contribution in [-0.2, 0) is 9.59 Å². The first-order valence-electron chi connectivity index (χ1n) is 6.61. The van der Waals surface area contributed by atoms with E-state index in [-0.39, 0.29) is 30.4 Å². The molecule has 2 unspecified atom stereocenters. The highest BCUT2D eigenvalue weighted by Gasteiger charge is 2.36. The lowest BCUT2D eigenvalue weighted by molar-refractivity contribution is -0.141. The lowest BCUT2D eigenvalue weighted by atomic mass is 10.00. The SMILES string of the molecule is CCC1C(=O)NC(=O)CN1C(CN)c1cccc(Cl)c1. The van der Waals surface area contributed by atoms with Crippen molar-refractivity contribution in [3.63, 3.8) is 0 Å². The maximum absolute atomic E-state index is 11.9. The summed E-state index contributed by atoms with van der Waals surface area (Å²) in [6.45, 7) is 2.40. The first-order valence-corrected chi connectivity index (χ1v) is 6.99. The highest BCUT2D eigenvalue weighted by molar-refractivity contribution is 6.30. The smallest absolute Gasteiger partial charge is 0.243 e. The van der Waals surface area contributed by atoms with Gasteiger partial charge >= 0.3 is 0 Å². The molecule has 2 rings (SSSR count). The lowest BCUT2D eigenvalue weighted by Crippen LogP contribution is -2.59. The summed E-state index contributed by atoms with van der Waals surface area (Å²) in [6.07, 6.45) is 0.621. The molecule has 1 saturated heterocycles. The van der Waals surface area contributed by atoms with Crippen molar-refractivity contribution in [3.8, 4) is 0 Å². The Morgan fingerprint density at radius 1 is 1.50 bits per heavy atom. The van der Waals surface area contributed by atoms with Crippen molar-refractivity contribution in [2.24, 2.45) is 5.73 Å². The van der Waals surface area contributed by atoms with Crippen LogP contribution in [0.15, 0.2) is 24.3 Å². The van der Waals surface area contributed by atoms with Gasteiger partial charge in [-0.25, -0.2) is 0 Å². The summed E-state index contributed by atoms with van der Waals surface area (Å²) >= 11 is 6.01. The molecule has 1 aromatic carbocycles. The standard InChI is InChI=1S/C14H18ClN3O2/c1-2-11-14(20)17-13(19)8-18(11)12(7-16)9-4-3-5-10(15)6-9/h3-6,11-12H,2,7-8,16H2,1H3,(H,17,19,20). The number of hydrogen-bond donors (Lipinski definition) is 2. The third-order valence-electron chi connectivity index (χ3n) is 3.54. The van der Waals surface area contributed by atoms with Gasteiger partial charge in [0.2, 0.25) is 11.8 Å². The predicted molar refractivity (Wildman–Crippen MR) is 77.2 cm³/mol. The molecule has 108 valence electrons. The number of carbonyl (C=O) groups excluding carboxylic acids is 2. The minimum Gasteiger partial charge on any atom is -0.329 e. The van der Waals surface area contributed by atoms with Crippen LogP contribution in [0.25, 0.3) is 0 Å². The van der Waals surface area contributed by atoms with E-state index in [2.05, 4.69) is 5.32 Å². The minimum atomic E-state index is -0.347. The molecule has 3 N–H and O–H groups in total. The zero-order chi connectivity index (χ0) is 14.7. The number of nitrogens with zero attached hydrogens (tertiary/aromatic N) is 1. The van der Waals surface area contributed by atoms with E-state index in [1.807, 2.05) is 30.0 Å². The van der Waals surface area contributed by atoms with E-state index < -0.39 is 0 Å². The third kappa shape index (κ3) is 3.00. The Balaban J connectivity index is 2.33. The summed E-state index contributed by atoms with van der Waals surface area (Å²) < 4.78 is 0. The molecular formula is C14H18ClN3O2.